The Morgan fingerprint density at radius 2 is 1.13 bits per heavy atom. The van der Waals surface area contributed by atoms with Crippen molar-refractivity contribution < 1.29 is 9.90 Å². The normalized spacial score (nSPS) is 8.33. The number of carboxylic acid groups (broad SMARTS) is 1. The molecule has 0 amide bonds. The van der Waals surface area contributed by atoms with Gasteiger partial charge in [-0.15, -0.1) is 0 Å². The predicted molar refractivity (Wildman–Crippen MR) is 65.8 cm³/mol. The SMILES string of the molecule is CC(=O)O.[CaH2].c1ccc2ccccc2c1. The minimum Gasteiger partial charge on any atom is -0.0616 e. The van der Waals surface area contributed by atoms with Crippen LogP contribution in [0.25, 0.3) is 10.8 Å². The van der Waals surface area contributed by atoms with Crippen molar-refractivity contribution in [1.29, 1.82) is 0 Å². The minimum absolute atomic E-state index is 0. The quantitative estimate of drug-likeness (QED) is 0.703. The molecule has 2 rings (SSSR count). The zero-order chi connectivity index (χ0) is 10.4. The summed E-state index contributed by atoms with van der Waals surface area (Å²) in [5.41, 5.74) is 0. The van der Waals surface area contributed by atoms with Gasteiger partial charge < -0.3 is 5.11 Å². The molecule has 3 heteroatoms. The number of hydrogen-bond donors (Lipinski definition) is 1. The number of carbonyl (C=O) groups is 1. The zero-order valence-corrected chi connectivity index (χ0v) is 7.97. The van der Waals surface area contributed by atoms with Gasteiger partial charge >= 0.3 is 37.7 Å². The molecule has 0 aliphatic rings. The van der Waals surface area contributed by atoms with Crippen LogP contribution in [0.1, 0.15) is 6.92 Å². The van der Waals surface area contributed by atoms with E-state index in [0.29, 0.717) is 0 Å². The van der Waals surface area contributed by atoms with Gasteiger partial charge in [0.15, 0.2) is 0 Å². The molecule has 0 spiro atoms. The molecule has 0 unspecified atom stereocenters. The second-order valence-corrected chi connectivity index (χ2v) is 2.87. The minimum atomic E-state index is -0.833. The molecule has 0 saturated carbocycles. The first-order valence-corrected chi connectivity index (χ1v) is 4.33. The van der Waals surface area contributed by atoms with Gasteiger partial charge in [0.05, 0.1) is 0 Å². The third kappa shape index (κ3) is 5.78. The van der Waals surface area contributed by atoms with Crippen molar-refractivity contribution in [1.82, 2.24) is 0 Å². The van der Waals surface area contributed by atoms with Gasteiger partial charge in [0.1, 0.15) is 0 Å². The Kier molecular flexibility index (Phi) is 7.39. The number of carboxylic acids is 1. The van der Waals surface area contributed by atoms with Gasteiger partial charge in [0.25, 0.3) is 5.97 Å². The Balaban J connectivity index is 0.000000346. The van der Waals surface area contributed by atoms with Crippen molar-refractivity contribution in [3.8, 4) is 0 Å². The molecule has 0 fully saturated rings. The van der Waals surface area contributed by atoms with E-state index in [1.807, 2.05) is 0 Å². The van der Waals surface area contributed by atoms with E-state index in [4.69, 9.17) is 9.90 Å². The number of rotatable bonds is 0. The zero-order valence-electron chi connectivity index (χ0n) is 7.97. The summed E-state index contributed by atoms with van der Waals surface area (Å²) in [6.45, 7) is 1.08. The van der Waals surface area contributed by atoms with Crippen LogP contribution in [-0.4, -0.2) is 48.8 Å². The Hall–Kier alpha value is -0.570. The Morgan fingerprint density at radius 1 is 0.933 bits per heavy atom. The average Bonchev–Trinajstić information content (AvgIpc) is 2.17. The van der Waals surface area contributed by atoms with Crippen LogP contribution in [-0.2, 0) is 4.79 Å². The third-order valence-electron chi connectivity index (χ3n) is 1.66. The molecule has 0 bridgehead atoms. The van der Waals surface area contributed by atoms with Gasteiger partial charge in [-0.3, -0.25) is 4.79 Å². The van der Waals surface area contributed by atoms with E-state index in [1.54, 1.807) is 0 Å². The standard InChI is InChI=1S/C10H8.C2H4O2.Ca.2H/c1-2-6-10-8-4-3-7-9(10)5-1;1-2(3)4;;;/h1-8H;1H3,(H,3,4);;;. The predicted octanol–water partition coefficient (Wildman–Crippen LogP) is 2.01. The van der Waals surface area contributed by atoms with Gasteiger partial charge in [0.2, 0.25) is 0 Å². The number of aliphatic carboxylic acids is 1. The van der Waals surface area contributed by atoms with E-state index >= 15 is 0 Å². The Bertz CT molecular complexity index is 357. The molecular formula is C12H14CaO2. The van der Waals surface area contributed by atoms with Gasteiger partial charge in [-0.25, -0.2) is 0 Å². The van der Waals surface area contributed by atoms with Crippen LogP contribution >= 0.6 is 0 Å². The molecule has 2 nitrogen and oxygen atoms in total. The third-order valence-corrected chi connectivity index (χ3v) is 1.66. The van der Waals surface area contributed by atoms with Crippen LogP contribution in [0.2, 0.25) is 0 Å². The monoisotopic (exact) mass is 230 g/mol. The summed E-state index contributed by atoms with van der Waals surface area (Å²) in [5.74, 6) is -0.833. The van der Waals surface area contributed by atoms with Crippen molar-refractivity contribution in [2.24, 2.45) is 0 Å². The second-order valence-electron chi connectivity index (χ2n) is 2.87. The van der Waals surface area contributed by atoms with Crippen LogP contribution in [0.3, 0.4) is 0 Å². The molecule has 0 radical (unpaired) electrons. The van der Waals surface area contributed by atoms with Crippen molar-refractivity contribution in [3.63, 3.8) is 0 Å². The molecule has 0 aliphatic carbocycles. The van der Waals surface area contributed by atoms with Crippen molar-refractivity contribution in [2.75, 3.05) is 0 Å². The molecule has 2 aromatic carbocycles. The fourth-order valence-electron chi connectivity index (χ4n) is 1.13. The Morgan fingerprint density at radius 3 is 1.33 bits per heavy atom. The smallest absolute Gasteiger partial charge is 0.0184 e. The van der Waals surface area contributed by atoms with Crippen LogP contribution in [0.5, 0.6) is 0 Å². The van der Waals surface area contributed by atoms with E-state index in [9.17, 15) is 0 Å². The van der Waals surface area contributed by atoms with Gasteiger partial charge in [-0.05, 0) is 10.8 Å². The maximum absolute atomic E-state index is 9.00. The molecule has 0 aliphatic heterocycles. The molecule has 0 heterocycles. The fourth-order valence-corrected chi connectivity index (χ4v) is 1.13. The van der Waals surface area contributed by atoms with Crippen molar-refractivity contribution in [3.05, 3.63) is 48.5 Å². The maximum Gasteiger partial charge on any atom is -0.0184 e. The summed E-state index contributed by atoms with van der Waals surface area (Å²) in [7, 11) is 0. The van der Waals surface area contributed by atoms with Crippen molar-refractivity contribution in [2.45, 2.75) is 6.92 Å². The van der Waals surface area contributed by atoms with Gasteiger partial charge in [-0.1, -0.05) is 48.5 Å². The molecule has 0 atom stereocenters. The van der Waals surface area contributed by atoms with Crippen LogP contribution in [0.4, 0.5) is 0 Å². The maximum atomic E-state index is 9.00. The summed E-state index contributed by atoms with van der Waals surface area (Å²) in [5, 5.41) is 10.0. The van der Waals surface area contributed by atoms with Crippen LogP contribution in [0, 0.1) is 0 Å². The summed E-state index contributed by atoms with van der Waals surface area (Å²) < 4.78 is 0. The number of hydrogen-bond acceptors (Lipinski definition) is 1. The second kappa shape index (κ2) is 7.69. The first-order valence-electron chi connectivity index (χ1n) is 4.33. The average molecular weight is 230 g/mol. The van der Waals surface area contributed by atoms with E-state index in [2.05, 4.69) is 48.5 Å². The van der Waals surface area contributed by atoms with E-state index in [-0.39, 0.29) is 37.7 Å². The van der Waals surface area contributed by atoms with E-state index < -0.39 is 5.97 Å². The summed E-state index contributed by atoms with van der Waals surface area (Å²) >= 11 is 0. The topological polar surface area (TPSA) is 37.3 Å². The number of fused-ring (bicyclic) bond motifs is 1. The van der Waals surface area contributed by atoms with Crippen LogP contribution in [0.15, 0.2) is 48.5 Å². The Labute approximate surface area is 119 Å². The largest absolute Gasteiger partial charge is 0.0616 e. The van der Waals surface area contributed by atoms with Crippen molar-refractivity contribution >= 4 is 54.5 Å². The molecule has 0 aromatic heterocycles. The fraction of sp³-hybridized carbons (Fsp3) is 0.0833. The van der Waals surface area contributed by atoms with Crippen LogP contribution < -0.4 is 0 Å². The van der Waals surface area contributed by atoms with Gasteiger partial charge in [0, 0.05) is 6.92 Å². The summed E-state index contributed by atoms with van der Waals surface area (Å²) in [6.07, 6.45) is 0. The van der Waals surface area contributed by atoms with E-state index in [1.165, 1.54) is 10.8 Å². The number of benzene rings is 2. The summed E-state index contributed by atoms with van der Waals surface area (Å²) in [4.78, 5) is 9.00. The first-order chi connectivity index (χ1) is 6.70. The molecule has 0 saturated heterocycles. The first kappa shape index (κ1) is 14.4. The molecule has 76 valence electrons. The molecule has 1 N–H and O–H groups in total. The van der Waals surface area contributed by atoms with Gasteiger partial charge in [-0.2, -0.15) is 0 Å². The van der Waals surface area contributed by atoms with E-state index in [0.717, 1.165) is 6.92 Å². The molecule has 15 heavy (non-hydrogen) atoms. The molecular weight excluding hydrogens is 216 g/mol. The summed E-state index contributed by atoms with van der Waals surface area (Å²) in [6, 6.07) is 16.7. The molecule has 2 aromatic rings.